The van der Waals surface area contributed by atoms with Crippen LogP contribution in [0.15, 0.2) is 0 Å². The van der Waals surface area contributed by atoms with Crippen molar-refractivity contribution in [2.45, 2.75) is 38.0 Å². The molecule has 0 fully saturated rings. The summed E-state index contributed by atoms with van der Waals surface area (Å²) in [4.78, 5) is 49.0. The second-order valence-corrected chi connectivity index (χ2v) is 4.04. The van der Waals surface area contributed by atoms with Crippen LogP contribution in [0.1, 0.15) is 26.7 Å². The summed E-state index contributed by atoms with van der Waals surface area (Å²) < 4.78 is 0. The fourth-order valence-corrected chi connectivity index (χ4v) is 2.04. The Labute approximate surface area is 116 Å². The van der Waals surface area contributed by atoms with Crippen LogP contribution in [0.25, 0.3) is 0 Å². The molecule has 0 heterocycles. The zero-order valence-corrected chi connectivity index (χ0v) is 11.0. The van der Waals surface area contributed by atoms with Crippen LogP contribution in [-0.2, 0) is 4.79 Å². The van der Waals surface area contributed by atoms with Crippen molar-refractivity contribution in [1.29, 1.82) is 0 Å². The monoisotopic (exact) mass is 307 g/mol. The normalized spacial score (nSPS) is 12.0. The van der Waals surface area contributed by atoms with Gasteiger partial charge in [0.2, 0.25) is 6.29 Å². The second-order valence-electron chi connectivity index (χ2n) is 4.04. The molecule has 0 aromatic carbocycles. The lowest BCUT2D eigenvalue weighted by atomic mass is 9.80. The Morgan fingerprint density at radius 3 is 1.14 bits per heavy atom. The zero-order chi connectivity index (χ0) is 17.0. The van der Waals surface area contributed by atoms with Crippen molar-refractivity contribution in [1.82, 2.24) is 0 Å². The molecule has 0 unspecified atom stereocenters. The van der Waals surface area contributed by atoms with Gasteiger partial charge in [-0.3, -0.25) is 45.3 Å². The van der Waals surface area contributed by atoms with Crippen LogP contribution in [0.2, 0.25) is 0 Å². The molecule has 0 aliphatic rings. The van der Waals surface area contributed by atoms with Gasteiger partial charge < -0.3 is 0 Å². The van der Waals surface area contributed by atoms with Gasteiger partial charge in [-0.05, 0) is 0 Å². The quantitative estimate of drug-likeness (QED) is 0.321. The Bertz CT molecular complexity index is 422. The minimum absolute atomic E-state index is 0.794. The molecule has 0 bridgehead atoms. The molecule has 0 aliphatic heterocycles. The lowest BCUT2D eigenvalue weighted by Crippen LogP contribution is -2.66. The third-order valence-corrected chi connectivity index (χ3v) is 3.35. The molecule has 0 aliphatic carbocycles. The van der Waals surface area contributed by atoms with Crippen molar-refractivity contribution >= 4 is 6.29 Å². The van der Waals surface area contributed by atoms with Gasteiger partial charge in [0.25, 0.3) is 0 Å². The predicted octanol–water partition coefficient (Wildman–Crippen LogP) is 0.0317. The average Bonchev–Trinajstić information content (AvgIpc) is 2.37. The minimum atomic E-state index is -3.40. The van der Waals surface area contributed by atoms with Crippen LogP contribution in [0.5, 0.6) is 0 Å². The molecule has 0 rings (SSSR count). The third-order valence-electron chi connectivity index (χ3n) is 3.35. The molecule has 0 atom stereocenters. The fraction of sp³-hybridized carbons (Fsp3) is 0.875. The van der Waals surface area contributed by atoms with Gasteiger partial charge in [-0.25, -0.2) is 0 Å². The van der Waals surface area contributed by atoms with Crippen molar-refractivity contribution in [3.63, 3.8) is 0 Å². The van der Waals surface area contributed by atoms with Crippen LogP contribution in [0.4, 0.5) is 0 Å². The maximum atomic E-state index is 11.0. The van der Waals surface area contributed by atoms with Crippen molar-refractivity contribution in [3.05, 3.63) is 40.5 Å². The van der Waals surface area contributed by atoms with Crippen LogP contribution in [0, 0.1) is 46.4 Å². The van der Waals surface area contributed by atoms with E-state index in [4.69, 9.17) is 0 Å². The Morgan fingerprint density at radius 1 is 0.810 bits per heavy atom. The van der Waals surface area contributed by atoms with Gasteiger partial charge >= 0.3 is 17.2 Å². The Kier molecular flexibility index (Phi) is 5.35. The summed E-state index contributed by atoms with van der Waals surface area (Å²) in [6, 6.07) is 0. The van der Waals surface area contributed by atoms with Gasteiger partial charge in [0.1, 0.15) is 0 Å². The van der Waals surface area contributed by atoms with Crippen molar-refractivity contribution in [2.75, 3.05) is 0 Å². The van der Waals surface area contributed by atoms with Gasteiger partial charge in [0, 0.05) is 0 Å². The topological polar surface area (TPSA) is 190 Å². The molecule has 13 nitrogen and oxygen atoms in total. The molecular weight excluding hydrogens is 296 g/mol. The van der Waals surface area contributed by atoms with E-state index in [-0.39, 0.29) is 0 Å². The van der Waals surface area contributed by atoms with Gasteiger partial charge in [0.05, 0.1) is 32.5 Å². The molecule has 0 spiro atoms. The van der Waals surface area contributed by atoms with E-state index in [0.717, 1.165) is 20.1 Å². The minimum Gasteiger partial charge on any atom is -0.289 e. The first-order chi connectivity index (χ1) is 9.59. The maximum absolute atomic E-state index is 11.0. The van der Waals surface area contributed by atoms with Gasteiger partial charge in [-0.1, -0.05) is 13.8 Å². The smallest absolute Gasteiger partial charge is 0.289 e. The van der Waals surface area contributed by atoms with E-state index in [1.807, 2.05) is 0 Å². The van der Waals surface area contributed by atoms with Crippen LogP contribution in [-0.4, -0.2) is 37.3 Å². The van der Waals surface area contributed by atoms with Crippen LogP contribution >= 0.6 is 0 Å². The standard InChI is InChI=1S/C8H11N4O9/c1-3-7(9(14)15,10(16)17)6(5-13)8(4-2,11(18)19)12(20)21/h6H,3-4H2,1-2H3. The third kappa shape index (κ3) is 2.36. The Balaban J connectivity index is 6.60. The number of rotatable bonds is 9. The lowest BCUT2D eigenvalue weighted by Gasteiger charge is -2.25. The van der Waals surface area contributed by atoms with E-state index < -0.39 is 49.8 Å². The number of carbonyl (C=O) groups excluding carboxylic acids is 1. The molecule has 0 N–H and O–H groups in total. The van der Waals surface area contributed by atoms with E-state index in [1.54, 1.807) is 0 Å². The largest absolute Gasteiger partial charge is 0.482 e. The second kappa shape index (κ2) is 6.15. The van der Waals surface area contributed by atoms with Crippen molar-refractivity contribution in [2.24, 2.45) is 5.92 Å². The predicted molar refractivity (Wildman–Crippen MR) is 63.2 cm³/mol. The number of nitro groups is 4. The van der Waals surface area contributed by atoms with Crippen LogP contribution < -0.4 is 0 Å². The summed E-state index contributed by atoms with van der Waals surface area (Å²) in [6.07, 6.45) is -1.13. The van der Waals surface area contributed by atoms with E-state index >= 15 is 0 Å². The highest BCUT2D eigenvalue weighted by molar-refractivity contribution is 5.57. The average molecular weight is 307 g/mol. The summed E-state index contributed by atoms with van der Waals surface area (Å²) in [6.45, 7) is 1.85. The van der Waals surface area contributed by atoms with Gasteiger partial charge in [-0.15, -0.1) is 0 Å². The summed E-state index contributed by atoms with van der Waals surface area (Å²) in [7, 11) is 0. The first kappa shape index (κ1) is 18.3. The highest BCUT2D eigenvalue weighted by Gasteiger charge is 2.80. The summed E-state index contributed by atoms with van der Waals surface area (Å²) in [5.74, 6) is -2.80. The highest BCUT2D eigenvalue weighted by atomic mass is 16.7. The molecule has 13 heteroatoms. The Morgan fingerprint density at radius 2 is 1.05 bits per heavy atom. The first-order valence-electron chi connectivity index (χ1n) is 5.55. The molecule has 0 aromatic rings. The van der Waals surface area contributed by atoms with E-state index in [9.17, 15) is 45.3 Å². The molecule has 0 saturated heterocycles. The van der Waals surface area contributed by atoms with Gasteiger partial charge in [-0.2, -0.15) is 0 Å². The van der Waals surface area contributed by atoms with Crippen molar-refractivity contribution < 1.29 is 24.5 Å². The van der Waals surface area contributed by atoms with E-state index in [0.29, 0.717) is 0 Å². The molecule has 0 saturated carbocycles. The van der Waals surface area contributed by atoms with E-state index in [2.05, 4.69) is 0 Å². The highest BCUT2D eigenvalue weighted by Crippen LogP contribution is 2.37. The molecule has 0 aromatic heterocycles. The maximum Gasteiger partial charge on any atom is 0.482 e. The molecule has 21 heavy (non-hydrogen) atoms. The zero-order valence-electron chi connectivity index (χ0n) is 11.0. The van der Waals surface area contributed by atoms with E-state index in [1.165, 1.54) is 0 Å². The summed E-state index contributed by atoms with van der Waals surface area (Å²) in [5, 5.41) is 44.2. The molecule has 1 radical (unpaired) electrons. The SMILES string of the molecule is CCC(C([C]=O)C(CC)([N+](=O)[O-])[N+](=O)[O-])([N+](=O)[O-])[N+](=O)[O-]. The molecule has 0 amide bonds. The summed E-state index contributed by atoms with van der Waals surface area (Å²) >= 11 is 0. The number of hydrogen-bond donors (Lipinski definition) is 0. The number of hydrogen-bond acceptors (Lipinski definition) is 9. The summed E-state index contributed by atoms with van der Waals surface area (Å²) in [5.41, 5.74) is -6.81. The lowest BCUT2D eigenvalue weighted by molar-refractivity contribution is -0.857. The molecular formula is C8H11N4O9. The van der Waals surface area contributed by atoms with Gasteiger partial charge in [0.15, 0.2) is 0 Å². The van der Waals surface area contributed by atoms with Crippen LogP contribution in [0.3, 0.4) is 0 Å². The Hall–Kier alpha value is -2.73. The molecule has 117 valence electrons. The first-order valence-corrected chi connectivity index (χ1v) is 5.55. The number of nitrogens with zero attached hydrogens (tertiary/aromatic N) is 4. The van der Waals surface area contributed by atoms with Crippen molar-refractivity contribution in [3.8, 4) is 0 Å². The fourth-order valence-electron chi connectivity index (χ4n) is 2.04.